The number of nitrogens with zero attached hydrogens (tertiary/aromatic N) is 1. The lowest BCUT2D eigenvalue weighted by Gasteiger charge is -2.11. The van der Waals surface area contributed by atoms with Crippen molar-refractivity contribution in [3.05, 3.63) is 35.5 Å². The molecule has 0 N–H and O–H groups in total. The average molecular weight is 259 g/mol. The van der Waals surface area contributed by atoms with Gasteiger partial charge >= 0.3 is 5.97 Å². The minimum Gasteiger partial charge on any atom is -0.496 e. The number of esters is 1. The van der Waals surface area contributed by atoms with E-state index < -0.39 is 0 Å². The second kappa shape index (κ2) is 5.69. The van der Waals surface area contributed by atoms with Gasteiger partial charge in [-0.05, 0) is 37.1 Å². The maximum absolute atomic E-state index is 11.3. The van der Waals surface area contributed by atoms with Crippen LogP contribution in [0.4, 0.5) is 0 Å². The molecule has 2 rings (SSSR count). The highest BCUT2D eigenvalue weighted by atomic mass is 16.5. The van der Waals surface area contributed by atoms with E-state index in [1.807, 2.05) is 31.2 Å². The van der Waals surface area contributed by atoms with E-state index in [9.17, 15) is 4.79 Å². The van der Waals surface area contributed by atoms with E-state index in [4.69, 9.17) is 4.74 Å². The van der Waals surface area contributed by atoms with E-state index >= 15 is 0 Å². The molecule has 0 amide bonds. The Morgan fingerprint density at radius 1 is 1.32 bits per heavy atom. The fourth-order valence-electron chi connectivity index (χ4n) is 2.19. The quantitative estimate of drug-likeness (QED) is 0.792. The highest BCUT2D eigenvalue weighted by Crippen LogP contribution is 2.29. The van der Waals surface area contributed by atoms with Crippen LogP contribution in [0.15, 0.2) is 24.3 Å². The Kier molecular flexibility index (Phi) is 4.00. The van der Waals surface area contributed by atoms with Crippen molar-refractivity contribution < 1.29 is 14.3 Å². The fraction of sp³-hybridized carbons (Fsp3) is 0.333. The first-order chi connectivity index (χ1) is 9.15. The molecule has 0 aliphatic carbocycles. The largest absolute Gasteiger partial charge is 0.496 e. The third-order valence-corrected chi connectivity index (χ3v) is 3.05. The number of aromatic nitrogens is 1. The van der Waals surface area contributed by atoms with Gasteiger partial charge in [-0.2, -0.15) is 0 Å². The van der Waals surface area contributed by atoms with Gasteiger partial charge in [-0.3, -0.25) is 9.78 Å². The molecule has 0 saturated carbocycles. The van der Waals surface area contributed by atoms with Gasteiger partial charge in [0.2, 0.25) is 0 Å². The van der Waals surface area contributed by atoms with Crippen molar-refractivity contribution in [2.24, 2.45) is 0 Å². The van der Waals surface area contributed by atoms with Crippen molar-refractivity contribution in [3.8, 4) is 5.75 Å². The number of rotatable bonds is 4. The van der Waals surface area contributed by atoms with E-state index in [0.29, 0.717) is 12.8 Å². The van der Waals surface area contributed by atoms with Gasteiger partial charge in [-0.1, -0.05) is 6.07 Å². The van der Waals surface area contributed by atoms with Crippen LogP contribution in [0.1, 0.15) is 17.7 Å². The Morgan fingerprint density at radius 2 is 2.11 bits per heavy atom. The van der Waals surface area contributed by atoms with Crippen LogP contribution in [0.25, 0.3) is 10.9 Å². The zero-order chi connectivity index (χ0) is 13.8. The number of methoxy groups -OCH3 is 2. The van der Waals surface area contributed by atoms with E-state index in [-0.39, 0.29) is 5.97 Å². The molecule has 0 aliphatic heterocycles. The highest BCUT2D eigenvalue weighted by molar-refractivity contribution is 5.89. The summed E-state index contributed by atoms with van der Waals surface area (Å²) in [4.78, 5) is 15.8. The van der Waals surface area contributed by atoms with Gasteiger partial charge in [0.1, 0.15) is 5.75 Å². The molecular weight excluding hydrogens is 242 g/mol. The van der Waals surface area contributed by atoms with Gasteiger partial charge in [0, 0.05) is 17.5 Å². The molecule has 1 aromatic heterocycles. The Hall–Kier alpha value is -2.10. The Morgan fingerprint density at radius 3 is 2.79 bits per heavy atom. The minimum atomic E-state index is -0.211. The first-order valence-corrected chi connectivity index (χ1v) is 6.15. The maximum atomic E-state index is 11.3. The summed E-state index contributed by atoms with van der Waals surface area (Å²) < 4.78 is 10.1. The van der Waals surface area contributed by atoms with Crippen LogP contribution in [0.5, 0.6) is 5.75 Å². The third-order valence-electron chi connectivity index (χ3n) is 3.05. The smallest absolute Gasteiger partial charge is 0.305 e. The van der Waals surface area contributed by atoms with Crippen LogP contribution in [0.2, 0.25) is 0 Å². The number of hydrogen-bond acceptors (Lipinski definition) is 4. The molecule has 0 spiro atoms. The molecule has 100 valence electrons. The number of carbonyl (C=O) groups is 1. The number of carbonyl (C=O) groups excluding carboxylic acids is 1. The molecule has 0 saturated heterocycles. The molecule has 0 radical (unpaired) electrons. The standard InChI is InChI=1S/C15H17NO3/c1-10-9-11(7-8-14(17)19-3)15-12(16-10)5-4-6-13(15)18-2/h4-6,9H,7-8H2,1-3H3. The predicted molar refractivity (Wildman–Crippen MR) is 73.4 cm³/mol. The normalized spacial score (nSPS) is 10.5. The van der Waals surface area contributed by atoms with Crippen molar-refractivity contribution in [2.75, 3.05) is 14.2 Å². The minimum absolute atomic E-state index is 0.211. The molecule has 0 unspecified atom stereocenters. The molecule has 0 atom stereocenters. The van der Waals surface area contributed by atoms with E-state index in [0.717, 1.165) is 27.9 Å². The molecule has 0 bridgehead atoms. The van der Waals surface area contributed by atoms with Gasteiger partial charge in [-0.25, -0.2) is 0 Å². The van der Waals surface area contributed by atoms with Crippen LogP contribution in [0, 0.1) is 6.92 Å². The van der Waals surface area contributed by atoms with Crippen molar-refractivity contribution in [2.45, 2.75) is 19.8 Å². The van der Waals surface area contributed by atoms with Crippen LogP contribution < -0.4 is 4.74 Å². The van der Waals surface area contributed by atoms with Gasteiger partial charge in [0.05, 0.1) is 19.7 Å². The summed E-state index contributed by atoms with van der Waals surface area (Å²) in [5, 5.41) is 0.972. The van der Waals surface area contributed by atoms with Crippen molar-refractivity contribution in [1.29, 1.82) is 0 Å². The molecule has 1 heterocycles. The molecule has 0 fully saturated rings. The summed E-state index contributed by atoms with van der Waals surface area (Å²) in [7, 11) is 3.04. The second-order valence-corrected chi connectivity index (χ2v) is 4.35. The predicted octanol–water partition coefficient (Wildman–Crippen LogP) is 2.66. The van der Waals surface area contributed by atoms with Crippen molar-refractivity contribution in [1.82, 2.24) is 4.98 Å². The molecule has 4 nitrogen and oxygen atoms in total. The van der Waals surface area contributed by atoms with Crippen LogP contribution >= 0.6 is 0 Å². The summed E-state index contributed by atoms with van der Waals surface area (Å²) >= 11 is 0. The SMILES string of the molecule is COC(=O)CCc1cc(C)nc2cccc(OC)c12. The zero-order valence-corrected chi connectivity index (χ0v) is 11.4. The first-order valence-electron chi connectivity index (χ1n) is 6.15. The van der Waals surface area contributed by atoms with E-state index in [1.165, 1.54) is 7.11 Å². The summed E-state index contributed by atoms with van der Waals surface area (Å²) in [5.74, 6) is 0.572. The van der Waals surface area contributed by atoms with Crippen LogP contribution in [0.3, 0.4) is 0 Å². The molecule has 1 aromatic carbocycles. The van der Waals surface area contributed by atoms with Gasteiger partial charge in [0.15, 0.2) is 0 Å². The van der Waals surface area contributed by atoms with E-state index in [2.05, 4.69) is 9.72 Å². The average Bonchev–Trinajstić information content (AvgIpc) is 2.43. The van der Waals surface area contributed by atoms with Gasteiger partial charge < -0.3 is 9.47 Å². The zero-order valence-electron chi connectivity index (χ0n) is 11.4. The lowest BCUT2D eigenvalue weighted by Crippen LogP contribution is -2.03. The van der Waals surface area contributed by atoms with E-state index in [1.54, 1.807) is 7.11 Å². The Bertz CT molecular complexity index is 608. The Balaban J connectivity index is 2.48. The Labute approximate surface area is 112 Å². The second-order valence-electron chi connectivity index (χ2n) is 4.35. The lowest BCUT2D eigenvalue weighted by atomic mass is 10.0. The number of pyridine rings is 1. The topological polar surface area (TPSA) is 48.4 Å². The first kappa shape index (κ1) is 13.3. The third kappa shape index (κ3) is 2.84. The lowest BCUT2D eigenvalue weighted by molar-refractivity contribution is -0.140. The fourth-order valence-corrected chi connectivity index (χ4v) is 2.19. The van der Waals surface area contributed by atoms with Crippen LogP contribution in [-0.2, 0) is 16.0 Å². The summed E-state index contributed by atoms with van der Waals surface area (Å²) in [5.41, 5.74) is 2.88. The molecule has 19 heavy (non-hydrogen) atoms. The highest BCUT2D eigenvalue weighted by Gasteiger charge is 2.11. The maximum Gasteiger partial charge on any atom is 0.305 e. The number of benzene rings is 1. The summed E-state index contributed by atoms with van der Waals surface area (Å²) in [6.07, 6.45) is 0.972. The number of hydrogen-bond donors (Lipinski definition) is 0. The van der Waals surface area contributed by atoms with Crippen molar-refractivity contribution in [3.63, 3.8) is 0 Å². The van der Waals surface area contributed by atoms with Gasteiger partial charge in [0.25, 0.3) is 0 Å². The monoisotopic (exact) mass is 259 g/mol. The van der Waals surface area contributed by atoms with Crippen molar-refractivity contribution >= 4 is 16.9 Å². The van der Waals surface area contributed by atoms with Crippen LogP contribution in [-0.4, -0.2) is 25.2 Å². The summed E-state index contributed by atoms with van der Waals surface area (Å²) in [6, 6.07) is 7.76. The summed E-state index contributed by atoms with van der Waals surface area (Å²) in [6.45, 7) is 1.94. The molecule has 4 heteroatoms. The molecule has 0 aliphatic rings. The number of ether oxygens (including phenoxy) is 2. The van der Waals surface area contributed by atoms with Gasteiger partial charge in [-0.15, -0.1) is 0 Å². The molecular formula is C15H17NO3. The number of fused-ring (bicyclic) bond motifs is 1. The number of aryl methyl sites for hydroxylation is 2. The molecule has 2 aromatic rings.